The van der Waals surface area contributed by atoms with Gasteiger partial charge < -0.3 is 9.64 Å². The standard InChI is InChI=1S/C9H13N3O2/c1-3-12(7-9(13)14-2)8-6-10-4-5-11-8/h4-6H,3,7H2,1-2H3. The first-order chi connectivity index (χ1) is 6.77. The predicted molar refractivity (Wildman–Crippen MR) is 51.9 cm³/mol. The molecule has 0 bridgehead atoms. The van der Waals surface area contributed by atoms with Crippen LogP contribution in [0.25, 0.3) is 0 Å². The van der Waals surface area contributed by atoms with E-state index in [-0.39, 0.29) is 12.5 Å². The number of aromatic nitrogens is 2. The van der Waals surface area contributed by atoms with E-state index in [4.69, 9.17) is 0 Å². The number of hydrogen-bond donors (Lipinski definition) is 0. The molecule has 76 valence electrons. The highest BCUT2D eigenvalue weighted by atomic mass is 16.5. The van der Waals surface area contributed by atoms with Gasteiger partial charge in [-0.2, -0.15) is 0 Å². The zero-order chi connectivity index (χ0) is 10.4. The van der Waals surface area contributed by atoms with E-state index in [1.165, 1.54) is 7.11 Å². The Morgan fingerprint density at radius 1 is 1.57 bits per heavy atom. The number of esters is 1. The second kappa shape index (κ2) is 5.16. The topological polar surface area (TPSA) is 55.3 Å². The molecule has 0 aliphatic heterocycles. The summed E-state index contributed by atoms with van der Waals surface area (Å²) in [5.74, 6) is 0.401. The van der Waals surface area contributed by atoms with Crippen molar-refractivity contribution in [2.45, 2.75) is 6.92 Å². The van der Waals surface area contributed by atoms with Crippen LogP contribution in [0.2, 0.25) is 0 Å². The fourth-order valence-electron chi connectivity index (χ4n) is 1.03. The minimum atomic E-state index is -0.280. The van der Waals surface area contributed by atoms with E-state index in [1.54, 1.807) is 23.5 Å². The quantitative estimate of drug-likeness (QED) is 0.654. The van der Waals surface area contributed by atoms with Crippen molar-refractivity contribution in [3.63, 3.8) is 0 Å². The molecule has 0 aromatic carbocycles. The maximum absolute atomic E-state index is 11.0. The first-order valence-corrected chi connectivity index (χ1v) is 4.35. The molecular weight excluding hydrogens is 182 g/mol. The van der Waals surface area contributed by atoms with Crippen LogP contribution in [0.15, 0.2) is 18.6 Å². The van der Waals surface area contributed by atoms with Crippen LogP contribution < -0.4 is 4.90 Å². The molecular formula is C9H13N3O2. The van der Waals surface area contributed by atoms with Crippen molar-refractivity contribution >= 4 is 11.8 Å². The van der Waals surface area contributed by atoms with E-state index in [1.807, 2.05) is 6.92 Å². The third kappa shape index (κ3) is 2.69. The highest BCUT2D eigenvalue weighted by Crippen LogP contribution is 2.06. The summed E-state index contributed by atoms with van der Waals surface area (Å²) < 4.78 is 4.58. The number of nitrogens with zero attached hydrogens (tertiary/aromatic N) is 3. The van der Waals surface area contributed by atoms with E-state index in [2.05, 4.69) is 14.7 Å². The van der Waals surface area contributed by atoms with Crippen LogP contribution in [-0.2, 0) is 9.53 Å². The van der Waals surface area contributed by atoms with Gasteiger partial charge >= 0.3 is 5.97 Å². The highest BCUT2D eigenvalue weighted by Gasteiger charge is 2.10. The summed E-state index contributed by atoms with van der Waals surface area (Å²) in [6.45, 7) is 2.83. The van der Waals surface area contributed by atoms with Gasteiger partial charge in [-0.3, -0.25) is 9.78 Å². The monoisotopic (exact) mass is 195 g/mol. The number of methoxy groups -OCH3 is 1. The Morgan fingerprint density at radius 2 is 2.36 bits per heavy atom. The molecule has 0 amide bonds. The third-order valence-electron chi connectivity index (χ3n) is 1.80. The van der Waals surface area contributed by atoms with E-state index in [0.29, 0.717) is 12.4 Å². The Morgan fingerprint density at radius 3 is 2.86 bits per heavy atom. The average Bonchev–Trinajstić information content (AvgIpc) is 2.26. The van der Waals surface area contributed by atoms with Crippen LogP contribution in [0.4, 0.5) is 5.82 Å². The van der Waals surface area contributed by atoms with Crippen molar-refractivity contribution in [2.75, 3.05) is 25.1 Å². The molecule has 1 rings (SSSR count). The maximum Gasteiger partial charge on any atom is 0.325 e. The van der Waals surface area contributed by atoms with Gasteiger partial charge in [0, 0.05) is 18.9 Å². The molecule has 1 aromatic heterocycles. The van der Waals surface area contributed by atoms with E-state index in [9.17, 15) is 4.79 Å². The number of ether oxygens (including phenoxy) is 1. The molecule has 0 atom stereocenters. The number of carbonyl (C=O) groups is 1. The molecule has 0 spiro atoms. The Hall–Kier alpha value is -1.65. The fraction of sp³-hybridized carbons (Fsp3) is 0.444. The molecule has 14 heavy (non-hydrogen) atoms. The molecule has 5 nitrogen and oxygen atoms in total. The SMILES string of the molecule is CCN(CC(=O)OC)c1cnccn1. The van der Waals surface area contributed by atoms with Gasteiger partial charge in [-0.1, -0.05) is 0 Å². The lowest BCUT2D eigenvalue weighted by atomic mass is 10.4. The van der Waals surface area contributed by atoms with Crippen LogP contribution >= 0.6 is 0 Å². The minimum Gasteiger partial charge on any atom is -0.468 e. The summed E-state index contributed by atoms with van der Waals surface area (Å²) in [6.07, 6.45) is 4.80. The first kappa shape index (κ1) is 10.4. The highest BCUT2D eigenvalue weighted by molar-refractivity contribution is 5.75. The zero-order valence-electron chi connectivity index (χ0n) is 8.30. The maximum atomic E-state index is 11.0. The normalized spacial score (nSPS) is 9.57. The molecule has 0 aliphatic rings. The van der Waals surface area contributed by atoms with Crippen molar-refractivity contribution in [1.82, 2.24) is 9.97 Å². The van der Waals surface area contributed by atoms with Crippen LogP contribution in [0.3, 0.4) is 0 Å². The van der Waals surface area contributed by atoms with Crippen LogP contribution in [-0.4, -0.2) is 36.1 Å². The summed E-state index contributed by atoms with van der Waals surface area (Å²) in [5, 5.41) is 0. The predicted octanol–water partition coefficient (Wildman–Crippen LogP) is 0.476. The van der Waals surface area contributed by atoms with Gasteiger partial charge in [-0.05, 0) is 6.92 Å². The second-order valence-electron chi connectivity index (χ2n) is 2.65. The summed E-state index contributed by atoms with van der Waals surface area (Å²) in [7, 11) is 1.37. The fourth-order valence-corrected chi connectivity index (χ4v) is 1.03. The molecule has 5 heteroatoms. The zero-order valence-corrected chi connectivity index (χ0v) is 8.30. The summed E-state index contributed by atoms with van der Waals surface area (Å²) in [5.41, 5.74) is 0. The molecule has 0 N–H and O–H groups in total. The molecule has 0 fully saturated rings. The molecule has 0 saturated heterocycles. The minimum absolute atomic E-state index is 0.200. The molecule has 0 radical (unpaired) electrons. The summed E-state index contributed by atoms with van der Waals surface area (Å²) >= 11 is 0. The number of likely N-dealkylation sites (N-methyl/N-ethyl adjacent to an activating group) is 1. The lowest BCUT2D eigenvalue weighted by molar-refractivity contribution is -0.138. The van der Waals surface area contributed by atoms with Gasteiger partial charge in [0.05, 0.1) is 13.3 Å². The Bertz CT molecular complexity index is 289. The Kier molecular flexibility index (Phi) is 3.84. The largest absolute Gasteiger partial charge is 0.468 e. The van der Waals surface area contributed by atoms with Gasteiger partial charge in [0.15, 0.2) is 0 Å². The average molecular weight is 195 g/mol. The smallest absolute Gasteiger partial charge is 0.325 e. The molecule has 0 unspecified atom stereocenters. The van der Waals surface area contributed by atoms with Crippen molar-refractivity contribution < 1.29 is 9.53 Å². The Labute approximate surface area is 82.7 Å². The number of anilines is 1. The third-order valence-corrected chi connectivity index (χ3v) is 1.80. The van der Waals surface area contributed by atoms with Gasteiger partial charge in [0.1, 0.15) is 12.4 Å². The molecule has 0 aliphatic carbocycles. The van der Waals surface area contributed by atoms with Crippen LogP contribution in [0.5, 0.6) is 0 Å². The lowest BCUT2D eigenvalue weighted by Crippen LogP contribution is -2.30. The van der Waals surface area contributed by atoms with Gasteiger partial charge in [-0.15, -0.1) is 0 Å². The van der Waals surface area contributed by atoms with E-state index >= 15 is 0 Å². The molecule has 1 aromatic rings. The van der Waals surface area contributed by atoms with Crippen molar-refractivity contribution in [2.24, 2.45) is 0 Å². The van der Waals surface area contributed by atoms with Crippen LogP contribution in [0, 0.1) is 0 Å². The van der Waals surface area contributed by atoms with Crippen LogP contribution in [0.1, 0.15) is 6.92 Å². The van der Waals surface area contributed by atoms with Gasteiger partial charge in [0.25, 0.3) is 0 Å². The molecule has 0 saturated carbocycles. The number of carbonyl (C=O) groups excluding carboxylic acids is 1. The summed E-state index contributed by atoms with van der Waals surface area (Å²) in [6, 6.07) is 0. The van der Waals surface area contributed by atoms with E-state index < -0.39 is 0 Å². The summed E-state index contributed by atoms with van der Waals surface area (Å²) in [4.78, 5) is 20.9. The lowest BCUT2D eigenvalue weighted by Gasteiger charge is -2.19. The number of rotatable bonds is 4. The first-order valence-electron chi connectivity index (χ1n) is 4.35. The van der Waals surface area contributed by atoms with Gasteiger partial charge in [0.2, 0.25) is 0 Å². The second-order valence-corrected chi connectivity index (χ2v) is 2.65. The Balaban J connectivity index is 2.68. The molecule has 1 heterocycles. The number of hydrogen-bond acceptors (Lipinski definition) is 5. The van der Waals surface area contributed by atoms with Crippen molar-refractivity contribution in [1.29, 1.82) is 0 Å². The van der Waals surface area contributed by atoms with E-state index in [0.717, 1.165) is 0 Å². The van der Waals surface area contributed by atoms with Gasteiger partial charge in [-0.25, -0.2) is 4.98 Å². The van der Waals surface area contributed by atoms with Crippen molar-refractivity contribution in [3.05, 3.63) is 18.6 Å². The van der Waals surface area contributed by atoms with Crippen molar-refractivity contribution in [3.8, 4) is 0 Å².